The number of hydrogen-bond donors (Lipinski definition) is 0. The number of nitrogens with zero attached hydrogens (tertiary/aromatic N) is 4. The van der Waals surface area contributed by atoms with Crippen molar-refractivity contribution in [2.45, 2.75) is 46.1 Å². The summed E-state index contributed by atoms with van der Waals surface area (Å²) in [6, 6.07) is 0. The van der Waals surface area contributed by atoms with Gasteiger partial charge in [-0.3, -0.25) is 9.48 Å². The Bertz CT molecular complexity index is 509. The van der Waals surface area contributed by atoms with Gasteiger partial charge in [-0.15, -0.1) is 0 Å². The highest BCUT2D eigenvalue weighted by atomic mass is 16.5. The summed E-state index contributed by atoms with van der Waals surface area (Å²) in [6.45, 7) is 8.39. The van der Waals surface area contributed by atoms with E-state index in [9.17, 15) is 4.79 Å². The molecule has 0 aromatic carbocycles. The third-order valence-electron chi connectivity index (χ3n) is 5.51. The highest BCUT2D eigenvalue weighted by Crippen LogP contribution is 2.37. The molecule has 0 bridgehead atoms. The minimum atomic E-state index is -0.293. The fraction of sp³-hybridized carbons (Fsp3) is 0.824. The Morgan fingerprint density at radius 3 is 2.78 bits per heavy atom. The van der Waals surface area contributed by atoms with Crippen LogP contribution >= 0.6 is 0 Å². The van der Waals surface area contributed by atoms with Gasteiger partial charge in [-0.05, 0) is 37.5 Å². The summed E-state index contributed by atoms with van der Waals surface area (Å²) in [6.07, 6.45) is 7.55. The van der Waals surface area contributed by atoms with Gasteiger partial charge in [0, 0.05) is 38.3 Å². The molecule has 0 N–H and O–H groups in total. The molecule has 2 saturated heterocycles. The second kappa shape index (κ2) is 6.99. The second-order valence-electron chi connectivity index (χ2n) is 7.49. The third-order valence-corrected chi connectivity index (χ3v) is 5.51. The quantitative estimate of drug-likeness (QED) is 0.851. The molecular weight excluding hydrogens is 292 g/mol. The van der Waals surface area contributed by atoms with Gasteiger partial charge in [-0.1, -0.05) is 13.8 Å². The lowest BCUT2D eigenvalue weighted by atomic mass is 9.73. The number of carbonyl (C=O) groups excluding carboxylic acids is 1. The Morgan fingerprint density at radius 2 is 2.09 bits per heavy atom. The molecule has 6 nitrogen and oxygen atoms in total. The molecule has 2 aliphatic heterocycles. The number of hydrogen-bond acceptors (Lipinski definition) is 4. The summed E-state index contributed by atoms with van der Waals surface area (Å²) in [5.41, 5.74) is -0.293. The van der Waals surface area contributed by atoms with Gasteiger partial charge in [0.15, 0.2) is 0 Å². The van der Waals surface area contributed by atoms with E-state index >= 15 is 0 Å². The minimum Gasteiger partial charge on any atom is -0.381 e. The molecule has 1 amide bonds. The maximum Gasteiger partial charge on any atom is 0.228 e. The molecule has 0 saturated carbocycles. The third kappa shape index (κ3) is 3.74. The van der Waals surface area contributed by atoms with E-state index < -0.39 is 0 Å². The molecule has 2 aliphatic rings. The van der Waals surface area contributed by atoms with E-state index in [1.807, 2.05) is 4.68 Å². The number of aromatic nitrogens is 3. The van der Waals surface area contributed by atoms with Gasteiger partial charge in [0.1, 0.15) is 12.7 Å². The molecule has 1 aromatic rings. The summed E-state index contributed by atoms with van der Waals surface area (Å²) in [5, 5.41) is 4.19. The van der Waals surface area contributed by atoms with Crippen molar-refractivity contribution in [2.24, 2.45) is 17.3 Å². The molecule has 128 valence electrons. The average molecular weight is 320 g/mol. The smallest absolute Gasteiger partial charge is 0.228 e. The van der Waals surface area contributed by atoms with Crippen LogP contribution < -0.4 is 0 Å². The predicted octanol–water partition coefficient (Wildman–Crippen LogP) is 1.97. The zero-order chi connectivity index (χ0) is 16.3. The van der Waals surface area contributed by atoms with Gasteiger partial charge in [0.05, 0.1) is 0 Å². The van der Waals surface area contributed by atoms with Crippen LogP contribution in [0, 0.1) is 17.3 Å². The summed E-state index contributed by atoms with van der Waals surface area (Å²) in [7, 11) is 0. The Hall–Kier alpha value is -1.43. The fourth-order valence-electron chi connectivity index (χ4n) is 3.99. The first-order valence-corrected chi connectivity index (χ1v) is 8.77. The number of likely N-dealkylation sites (tertiary alicyclic amines) is 1. The van der Waals surface area contributed by atoms with Crippen LogP contribution in [-0.2, 0) is 16.1 Å². The van der Waals surface area contributed by atoms with Crippen molar-refractivity contribution in [3.8, 4) is 0 Å². The molecule has 1 unspecified atom stereocenters. The first-order chi connectivity index (χ1) is 11.1. The first kappa shape index (κ1) is 16.4. The van der Waals surface area contributed by atoms with E-state index in [2.05, 4.69) is 28.8 Å². The van der Waals surface area contributed by atoms with Crippen molar-refractivity contribution < 1.29 is 9.53 Å². The summed E-state index contributed by atoms with van der Waals surface area (Å²) in [4.78, 5) is 19.2. The average Bonchev–Trinajstić information content (AvgIpc) is 3.08. The predicted molar refractivity (Wildman–Crippen MR) is 86.7 cm³/mol. The topological polar surface area (TPSA) is 60.2 Å². The van der Waals surface area contributed by atoms with Gasteiger partial charge in [0.2, 0.25) is 5.91 Å². The van der Waals surface area contributed by atoms with Crippen LogP contribution in [0.3, 0.4) is 0 Å². The largest absolute Gasteiger partial charge is 0.381 e. The van der Waals surface area contributed by atoms with Crippen molar-refractivity contribution in [3.63, 3.8) is 0 Å². The highest BCUT2D eigenvalue weighted by Gasteiger charge is 2.41. The van der Waals surface area contributed by atoms with Gasteiger partial charge in [0.25, 0.3) is 0 Å². The molecule has 3 rings (SSSR count). The van der Waals surface area contributed by atoms with Crippen molar-refractivity contribution >= 4 is 5.91 Å². The van der Waals surface area contributed by atoms with E-state index in [-0.39, 0.29) is 5.41 Å². The number of rotatable bonds is 4. The van der Waals surface area contributed by atoms with Crippen LogP contribution in [0.1, 0.15) is 39.5 Å². The Kier molecular flexibility index (Phi) is 4.99. The summed E-state index contributed by atoms with van der Waals surface area (Å²) >= 11 is 0. The van der Waals surface area contributed by atoms with Crippen molar-refractivity contribution in [1.82, 2.24) is 19.7 Å². The molecule has 1 aromatic heterocycles. The van der Waals surface area contributed by atoms with E-state index in [1.54, 1.807) is 12.7 Å². The van der Waals surface area contributed by atoms with Gasteiger partial charge in [-0.25, -0.2) is 4.98 Å². The number of carbonyl (C=O) groups is 1. The van der Waals surface area contributed by atoms with E-state index in [1.165, 1.54) is 0 Å². The van der Waals surface area contributed by atoms with Crippen LogP contribution in [0.15, 0.2) is 12.7 Å². The molecule has 3 heterocycles. The molecule has 6 heteroatoms. The Labute approximate surface area is 138 Å². The van der Waals surface area contributed by atoms with Gasteiger partial charge < -0.3 is 9.64 Å². The van der Waals surface area contributed by atoms with Crippen LogP contribution in [-0.4, -0.2) is 51.9 Å². The zero-order valence-corrected chi connectivity index (χ0v) is 14.3. The summed E-state index contributed by atoms with van der Waals surface area (Å²) in [5.74, 6) is 1.21. The standard InChI is InChI=1S/C17H28N4O2/c1-17(2,15-5-8-23-9-6-15)16(22)20-7-3-4-14(10-20)11-21-13-18-12-19-21/h12-15H,3-11H2,1-2H3. The van der Waals surface area contributed by atoms with Crippen molar-refractivity contribution in [1.29, 1.82) is 0 Å². The van der Waals surface area contributed by atoms with Crippen molar-refractivity contribution in [3.05, 3.63) is 12.7 Å². The molecule has 0 aliphatic carbocycles. The summed E-state index contributed by atoms with van der Waals surface area (Å²) < 4.78 is 7.33. The zero-order valence-electron chi connectivity index (χ0n) is 14.3. The van der Waals surface area contributed by atoms with E-state index in [4.69, 9.17) is 4.74 Å². The Morgan fingerprint density at radius 1 is 1.30 bits per heavy atom. The van der Waals surface area contributed by atoms with E-state index in [0.717, 1.165) is 58.5 Å². The monoisotopic (exact) mass is 320 g/mol. The van der Waals surface area contributed by atoms with E-state index in [0.29, 0.717) is 17.7 Å². The first-order valence-electron chi connectivity index (χ1n) is 8.77. The van der Waals surface area contributed by atoms with Crippen LogP contribution in [0.5, 0.6) is 0 Å². The molecule has 0 radical (unpaired) electrons. The second-order valence-corrected chi connectivity index (χ2v) is 7.49. The van der Waals surface area contributed by atoms with Crippen molar-refractivity contribution in [2.75, 3.05) is 26.3 Å². The maximum absolute atomic E-state index is 13.1. The van der Waals surface area contributed by atoms with Gasteiger partial charge >= 0.3 is 0 Å². The van der Waals surface area contributed by atoms with Crippen LogP contribution in [0.25, 0.3) is 0 Å². The molecule has 2 fully saturated rings. The Balaban J connectivity index is 1.61. The fourth-order valence-corrected chi connectivity index (χ4v) is 3.99. The molecule has 23 heavy (non-hydrogen) atoms. The minimum absolute atomic E-state index is 0.293. The lowest BCUT2D eigenvalue weighted by molar-refractivity contribution is -0.147. The maximum atomic E-state index is 13.1. The number of amides is 1. The van der Waals surface area contributed by atoms with Crippen LogP contribution in [0.2, 0.25) is 0 Å². The number of ether oxygens (including phenoxy) is 1. The SMILES string of the molecule is CC(C)(C(=O)N1CCCC(Cn2cncn2)C1)C1CCOCC1. The molecular formula is C17H28N4O2. The van der Waals surface area contributed by atoms with Crippen LogP contribution in [0.4, 0.5) is 0 Å². The number of piperidine rings is 1. The normalized spacial score (nSPS) is 23.9. The molecule has 0 spiro atoms. The lowest BCUT2D eigenvalue weighted by Crippen LogP contribution is -2.50. The molecule has 1 atom stereocenters. The highest BCUT2D eigenvalue weighted by molar-refractivity contribution is 5.82. The van der Waals surface area contributed by atoms with Gasteiger partial charge in [-0.2, -0.15) is 5.10 Å². The lowest BCUT2D eigenvalue weighted by Gasteiger charge is -2.42.